The van der Waals surface area contributed by atoms with Gasteiger partial charge in [0.1, 0.15) is 0 Å². The Morgan fingerprint density at radius 3 is 2.64 bits per heavy atom. The Hall–Kier alpha value is -1.46. The summed E-state index contributed by atoms with van der Waals surface area (Å²) in [5, 5.41) is 3.73. The van der Waals surface area contributed by atoms with Gasteiger partial charge in [-0.05, 0) is 50.3 Å². The van der Waals surface area contributed by atoms with E-state index in [1.807, 2.05) is 18.3 Å². The van der Waals surface area contributed by atoms with Crippen molar-refractivity contribution in [2.75, 3.05) is 11.5 Å². The van der Waals surface area contributed by atoms with E-state index >= 15 is 0 Å². The molecule has 0 spiro atoms. The van der Waals surface area contributed by atoms with E-state index < -0.39 is 0 Å². The average Bonchev–Trinajstić information content (AvgIpc) is 2.56. The largest absolute Gasteiger partial charge is 0.307 e. The highest BCUT2D eigenvalue weighted by Crippen LogP contribution is 2.23. The van der Waals surface area contributed by atoms with Crippen LogP contribution in [0.25, 0.3) is 11.4 Å². The fourth-order valence-electron chi connectivity index (χ4n) is 2.85. The van der Waals surface area contributed by atoms with Crippen LogP contribution >= 0.6 is 11.8 Å². The summed E-state index contributed by atoms with van der Waals surface area (Å²) in [5.74, 6) is 3.30. The van der Waals surface area contributed by atoms with Crippen LogP contribution in [-0.2, 0) is 0 Å². The second-order valence-corrected chi connectivity index (χ2v) is 6.97. The molecular formula is C17H22N4S. The summed E-state index contributed by atoms with van der Waals surface area (Å²) in [5.41, 5.74) is 3.25. The molecule has 1 saturated heterocycles. The molecule has 1 N–H and O–H groups in total. The third-order valence-corrected chi connectivity index (χ3v) is 5.18. The Labute approximate surface area is 136 Å². The smallest absolute Gasteiger partial charge is 0.159 e. The van der Waals surface area contributed by atoms with Gasteiger partial charge in [-0.25, -0.2) is 9.97 Å². The Kier molecular flexibility index (Phi) is 5.05. The molecule has 1 fully saturated rings. The second-order valence-electron chi connectivity index (χ2n) is 5.75. The molecular weight excluding hydrogens is 292 g/mol. The van der Waals surface area contributed by atoms with Crippen molar-refractivity contribution in [3.63, 3.8) is 0 Å². The Balaban J connectivity index is 1.74. The van der Waals surface area contributed by atoms with Gasteiger partial charge in [-0.15, -0.1) is 0 Å². The van der Waals surface area contributed by atoms with Crippen molar-refractivity contribution in [3.8, 4) is 11.4 Å². The molecule has 0 unspecified atom stereocenters. The summed E-state index contributed by atoms with van der Waals surface area (Å²) in [4.78, 5) is 13.3. The second kappa shape index (κ2) is 7.20. The molecule has 4 nitrogen and oxygen atoms in total. The van der Waals surface area contributed by atoms with Gasteiger partial charge in [-0.2, -0.15) is 11.8 Å². The number of aryl methyl sites for hydroxylation is 1. The zero-order valence-corrected chi connectivity index (χ0v) is 13.9. The first-order valence-corrected chi connectivity index (χ1v) is 8.97. The summed E-state index contributed by atoms with van der Waals surface area (Å²) in [6.07, 6.45) is 8.02. The van der Waals surface area contributed by atoms with E-state index in [-0.39, 0.29) is 0 Å². The molecule has 116 valence electrons. The number of nitrogens with zero attached hydrogens (tertiary/aromatic N) is 3. The summed E-state index contributed by atoms with van der Waals surface area (Å²) >= 11 is 2.05. The fourth-order valence-corrected chi connectivity index (χ4v) is 3.96. The van der Waals surface area contributed by atoms with Crippen molar-refractivity contribution in [1.82, 2.24) is 20.3 Å². The lowest BCUT2D eigenvalue weighted by atomic mass is 10.1. The van der Waals surface area contributed by atoms with E-state index in [4.69, 9.17) is 0 Å². The minimum atomic E-state index is 0.291. The van der Waals surface area contributed by atoms with Crippen LogP contribution in [0.5, 0.6) is 0 Å². The van der Waals surface area contributed by atoms with Gasteiger partial charge < -0.3 is 5.32 Å². The van der Waals surface area contributed by atoms with Gasteiger partial charge >= 0.3 is 0 Å². The normalized spacial score (nSPS) is 17.4. The number of hydrogen-bond donors (Lipinski definition) is 1. The zero-order valence-electron chi connectivity index (χ0n) is 13.1. The summed E-state index contributed by atoms with van der Waals surface area (Å²) < 4.78 is 0. The minimum Gasteiger partial charge on any atom is -0.307 e. The number of hydrogen-bond acceptors (Lipinski definition) is 5. The SMILES string of the molecule is Cc1nc(-c2ccncc2)ncc1[C@@H](C)NC1CCSCC1. The monoisotopic (exact) mass is 314 g/mol. The standard InChI is InChI=1S/C17H22N4S/c1-12(20-15-5-9-22-10-6-15)16-11-19-17(21-13(16)2)14-3-7-18-8-4-14/h3-4,7-8,11-12,15,20H,5-6,9-10H2,1-2H3/t12-/m1/s1. The molecule has 3 heterocycles. The van der Waals surface area contributed by atoms with Gasteiger partial charge in [0.2, 0.25) is 0 Å². The summed E-state index contributed by atoms with van der Waals surface area (Å²) in [6, 6.07) is 4.79. The fraction of sp³-hybridized carbons (Fsp3) is 0.471. The molecule has 22 heavy (non-hydrogen) atoms. The van der Waals surface area contributed by atoms with E-state index in [1.54, 1.807) is 12.4 Å². The van der Waals surface area contributed by atoms with Crippen molar-refractivity contribution >= 4 is 11.8 Å². The molecule has 0 amide bonds. The predicted octanol–water partition coefficient (Wildman–Crippen LogP) is 3.39. The van der Waals surface area contributed by atoms with Crippen molar-refractivity contribution < 1.29 is 0 Å². The molecule has 1 aliphatic rings. The third-order valence-electron chi connectivity index (χ3n) is 4.13. The van der Waals surface area contributed by atoms with E-state index in [1.165, 1.54) is 29.9 Å². The minimum absolute atomic E-state index is 0.291. The molecule has 3 rings (SSSR count). The number of nitrogens with one attached hydrogen (secondary N) is 1. The Morgan fingerprint density at radius 1 is 1.23 bits per heavy atom. The van der Waals surface area contributed by atoms with E-state index in [0.717, 1.165) is 17.1 Å². The van der Waals surface area contributed by atoms with Crippen molar-refractivity contribution in [1.29, 1.82) is 0 Å². The van der Waals surface area contributed by atoms with Gasteiger partial charge in [0.15, 0.2) is 5.82 Å². The Bertz CT molecular complexity index is 611. The van der Waals surface area contributed by atoms with Crippen LogP contribution in [0, 0.1) is 6.92 Å². The maximum atomic E-state index is 4.67. The number of rotatable bonds is 4. The number of pyridine rings is 1. The molecule has 0 radical (unpaired) electrons. The summed E-state index contributed by atoms with van der Waals surface area (Å²) in [7, 11) is 0. The third kappa shape index (κ3) is 3.65. The Morgan fingerprint density at radius 2 is 1.95 bits per heavy atom. The van der Waals surface area contributed by atoms with Crippen LogP contribution in [0.3, 0.4) is 0 Å². The topological polar surface area (TPSA) is 50.7 Å². The van der Waals surface area contributed by atoms with Gasteiger partial charge in [-0.3, -0.25) is 4.98 Å². The highest BCUT2D eigenvalue weighted by molar-refractivity contribution is 7.99. The van der Waals surface area contributed by atoms with Crippen molar-refractivity contribution in [2.45, 2.75) is 38.8 Å². The van der Waals surface area contributed by atoms with E-state index in [0.29, 0.717) is 12.1 Å². The van der Waals surface area contributed by atoms with E-state index in [9.17, 15) is 0 Å². The lowest BCUT2D eigenvalue weighted by Gasteiger charge is -2.27. The van der Waals surface area contributed by atoms with Gasteiger partial charge in [0, 0.05) is 47.5 Å². The number of thioether (sulfide) groups is 1. The first-order chi connectivity index (χ1) is 10.7. The maximum Gasteiger partial charge on any atom is 0.159 e. The van der Waals surface area contributed by atoms with Gasteiger partial charge in [-0.1, -0.05) is 0 Å². The van der Waals surface area contributed by atoms with Gasteiger partial charge in [0.25, 0.3) is 0 Å². The summed E-state index contributed by atoms with van der Waals surface area (Å²) in [6.45, 7) is 4.27. The van der Waals surface area contributed by atoms with Crippen LogP contribution in [-0.4, -0.2) is 32.5 Å². The lowest BCUT2D eigenvalue weighted by molar-refractivity contribution is 0.429. The van der Waals surface area contributed by atoms with Crippen LogP contribution in [0.2, 0.25) is 0 Å². The molecule has 5 heteroatoms. The van der Waals surface area contributed by atoms with Gasteiger partial charge in [0.05, 0.1) is 0 Å². The highest BCUT2D eigenvalue weighted by atomic mass is 32.2. The molecule has 2 aromatic heterocycles. The number of aromatic nitrogens is 3. The lowest BCUT2D eigenvalue weighted by Crippen LogP contribution is -2.34. The molecule has 1 atom stereocenters. The quantitative estimate of drug-likeness (QED) is 0.937. The molecule has 2 aromatic rings. The van der Waals surface area contributed by atoms with Crippen LogP contribution < -0.4 is 5.32 Å². The van der Waals surface area contributed by atoms with Crippen LogP contribution in [0.4, 0.5) is 0 Å². The molecule has 0 bridgehead atoms. The van der Waals surface area contributed by atoms with Crippen LogP contribution in [0.1, 0.15) is 37.1 Å². The first-order valence-electron chi connectivity index (χ1n) is 7.82. The molecule has 0 aliphatic carbocycles. The molecule has 0 aromatic carbocycles. The highest BCUT2D eigenvalue weighted by Gasteiger charge is 2.18. The van der Waals surface area contributed by atoms with Crippen molar-refractivity contribution in [2.24, 2.45) is 0 Å². The maximum absolute atomic E-state index is 4.67. The molecule has 0 saturated carbocycles. The first kappa shape index (κ1) is 15.4. The molecule has 1 aliphatic heterocycles. The van der Waals surface area contributed by atoms with E-state index in [2.05, 4.69) is 45.9 Å². The van der Waals surface area contributed by atoms with Crippen LogP contribution in [0.15, 0.2) is 30.7 Å². The predicted molar refractivity (Wildman–Crippen MR) is 91.9 cm³/mol. The zero-order chi connectivity index (χ0) is 15.4. The average molecular weight is 314 g/mol. The van der Waals surface area contributed by atoms with Crippen molar-refractivity contribution in [3.05, 3.63) is 42.0 Å².